The van der Waals surface area contributed by atoms with Crippen LogP contribution >= 0.6 is 11.8 Å². The SMILES string of the molecule is O=C(CSc1nnc(-c2ccccc2)n1-c1ccccc1)c1ccc(O)c(O)c1. The van der Waals surface area contributed by atoms with Gasteiger partial charge in [-0.1, -0.05) is 60.3 Å². The lowest BCUT2D eigenvalue weighted by molar-refractivity contribution is 0.102. The predicted molar refractivity (Wildman–Crippen MR) is 112 cm³/mol. The molecule has 0 atom stereocenters. The van der Waals surface area contributed by atoms with Crippen LogP contribution in [0.5, 0.6) is 11.5 Å². The maximum Gasteiger partial charge on any atom is 0.196 e. The van der Waals surface area contributed by atoms with E-state index in [4.69, 9.17) is 0 Å². The molecular weight excluding hydrogens is 386 g/mol. The monoisotopic (exact) mass is 403 g/mol. The number of carbonyl (C=O) groups is 1. The van der Waals surface area contributed by atoms with Crippen molar-refractivity contribution in [2.24, 2.45) is 0 Å². The lowest BCUT2D eigenvalue weighted by Crippen LogP contribution is -2.05. The average molecular weight is 403 g/mol. The minimum Gasteiger partial charge on any atom is -0.504 e. The van der Waals surface area contributed by atoms with Crippen molar-refractivity contribution < 1.29 is 15.0 Å². The summed E-state index contributed by atoms with van der Waals surface area (Å²) >= 11 is 1.27. The molecule has 1 heterocycles. The smallest absolute Gasteiger partial charge is 0.196 e. The highest BCUT2D eigenvalue weighted by atomic mass is 32.2. The van der Waals surface area contributed by atoms with E-state index < -0.39 is 0 Å². The fraction of sp³-hybridized carbons (Fsp3) is 0.0455. The maximum absolute atomic E-state index is 12.5. The summed E-state index contributed by atoms with van der Waals surface area (Å²) in [5, 5.41) is 28.3. The number of carbonyl (C=O) groups excluding carboxylic acids is 1. The molecule has 0 spiro atoms. The van der Waals surface area contributed by atoms with Gasteiger partial charge in [-0.15, -0.1) is 10.2 Å². The standard InChI is InChI=1S/C22H17N3O3S/c26-18-12-11-16(13-19(18)27)20(28)14-29-22-24-23-21(15-7-3-1-4-8-15)25(22)17-9-5-2-6-10-17/h1-13,26-27H,14H2. The molecule has 0 bridgehead atoms. The largest absolute Gasteiger partial charge is 0.504 e. The number of ketones is 1. The minimum absolute atomic E-state index is 0.115. The zero-order valence-electron chi connectivity index (χ0n) is 15.3. The summed E-state index contributed by atoms with van der Waals surface area (Å²) in [7, 11) is 0. The van der Waals surface area contributed by atoms with Gasteiger partial charge >= 0.3 is 0 Å². The Bertz CT molecular complexity index is 1140. The minimum atomic E-state index is -0.320. The van der Waals surface area contributed by atoms with E-state index in [0.29, 0.717) is 16.5 Å². The van der Waals surface area contributed by atoms with Crippen LogP contribution in [0.4, 0.5) is 0 Å². The Labute approximate surface area is 171 Å². The summed E-state index contributed by atoms with van der Waals surface area (Å²) < 4.78 is 1.92. The highest BCUT2D eigenvalue weighted by molar-refractivity contribution is 7.99. The average Bonchev–Trinajstić information content (AvgIpc) is 3.19. The van der Waals surface area contributed by atoms with E-state index in [9.17, 15) is 15.0 Å². The van der Waals surface area contributed by atoms with Gasteiger partial charge in [-0.05, 0) is 30.3 Å². The first-order chi connectivity index (χ1) is 14.1. The van der Waals surface area contributed by atoms with Crippen molar-refractivity contribution >= 4 is 17.5 Å². The van der Waals surface area contributed by atoms with Crippen molar-refractivity contribution in [1.82, 2.24) is 14.8 Å². The van der Waals surface area contributed by atoms with E-state index in [2.05, 4.69) is 10.2 Å². The van der Waals surface area contributed by atoms with Crippen LogP contribution in [0.25, 0.3) is 17.1 Å². The number of phenolic OH excluding ortho intramolecular Hbond substituents is 2. The van der Waals surface area contributed by atoms with Crippen molar-refractivity contribution in [3.8, 4) is 28.6 Å². The molecule has 4 rings (SSSR count). The number of aromatic nitrogens is 3. The molecule has 7 heteroatoms. The van der Waals surface area contributed by atoms with Gasteiger partial charge in [-0.25, -0.2) is 0 Å². The molecule has 0 unspecified atom stereocenters. The summed E-state index contributed by atoms with van der Waals surface area (Å²) in [5.74, 6) is 0.0395. The van der Waals surface area contributed by atoms with Gasteiger partial charge in [0.05, 0.1) is 5.75 Å². The number of para-hydroxylation sites is 1. The van der Waals surface area contributed by atoms with E-state index in [1.807, 2.05) is 65.2 Å². The van der Waals surface area contributed by atoms with Crippen LogP contribution in [-0.4, -0.2) is 36.5 Å². The van der Waals surface area contributed by atoms with Crippen molar-refractivity contribution in [1.29, 1.82) is 0 Å². The van der Waals surface area contributed by atoms with Crippen LogP contribution in [0.1, 0.15) is 10.4 Å². The zero-order chi connectivity index (χ0) is 20.2. The Morgan fingerprint density at radius 1 is 0.862 bits per heavy atom. The molecule has 0 saturated heterocycles. The number of aromatic hydroxyl groups is 2. The maximum atomic E-state index is 12.5. The molecule has 0 aliphatic heterocycles. The molecule has 0 saturated carbocycles. The fourth-order valence-electron chi connectivity index (χ4n) is 2.86. The Hall–Kier alpha value is -3.58. The number of phenols is 2. The summed E-state index contributed by atoms with van der Waals surface area (Å²) in [5.41, 5.74) is 2.14. The Balaban J connectivity index is 1.64. The molecule has 0 aliphatic rings. The normalized spacial score (nSPS) is 10.8. The van der Waals surface area contributed by atoms with E-state index in [0.717, 1.165) is 11.3 Å². The number of hydrogen-bond acceptors (Lipinski definition) is 6. The quantitative estimate of drug-likeness (QED) is 0.283. The molecule has 0 aliphatic carbocycles. The topological polar surface area (TPSA) is 88.2 Å². The molecule has 144 valence electrons. The van der Waals surface area contributed by atoms with Gasteiger partial charge in [0.25, 0.3) is 0 Å². The van der Waals surface area contributed by atoms with Gasteiger partial charge in [0.15, 0.2) is 28.3 Å². The van der Waals surface area contributed by atoms with Gasteiger partial charge in [0.1, 0.15) is 0 Å². The number of benzene rings is 3. The lowest BCUT2D eigenvalue weighted by atomic mass is 10.1. The van der Waals surface area contributed by atoms with E-state index in [1.54, 1.807) is 0 Å². The molecule has 1 aromatic heterocycles. The number of Topliss-reactive ketones (excluding diaryl/α,β-unsaturated/α-hetero) is 1. The van der Waals surface area contributed by atoms with Crippen LogP contribution < -0.4 is 0 Å². The molecule has 2 N–H and O–H groups in total. The van der Waals surface area contributed by atoms with Gasteiger partial charge in [0, 0.05) is 16.8 Å². The summed E-state index contributed by atoms with van der Waals surface area (Å²) in [4.78, 5) is 12.5. The molecular formula is C22H17N3O3S. The Morgan fingerprint density at radius 3 is 2.24 bits per heavy atom. The molecule has 6 nitrogen and oxygen atoms in total. The number of nitrogens with zero attached hydrogens (tertiary/aromatic N) is 3. The molecule has 4 aromatic rings. The third kappa shape index (κ3) is 4.00. The molecule has 29 heavy (non-hydrogen) atoms. The van der Waals surface area contributed by atoms with Crippen LogP contribution in [0.2, 0.25) is 0 Å². The van der Waals surface area contributed by atoms with E-state index >= 15 is 0 Å². The molecule has 0 amide bonds. The highest BCUT2D eigenvalue weighted by Crippen LogP contribution is 2.29. The van der Waals surface area contributed by atoms with Crippen molar-refractivity contribution in [3.05, 3.63) is 84.4 Å². The van der Waals surface area contributed by atoms with Crippen molar-refractivity contribution in [2.45, 2.75) is 5.16 Å². The van der Waals surface area contributed by atoms with Crippen LogP contribution in [0.3, 0.4) is 0 Å². The lowest BCUT2D eigenvalue weighted by Gasteiger charge is -2.10. The van der Waals surface area contributed by atoms with Crippen LogP contribution in [-0.2, 0) is 0 Å². The summed E-state index contributed by atoms with van der Waals surface area (Å²) in [6, 6.07) is 23.5. The number of rotatable bonds is 6. The molecule has 3 aromatic carbocycles. The van der Waals surface area contributed by atoms with E-state index in [1.165, 1.54) is 30.0 Å². The number of thioether (sulfide) groups is 1. The first-order valence-corrected chi connectivity index (χ1v) is 9.86. The second-order valence-corrected chi connectivity index (χ2v) is 7.20. The van der Waals surface area contributed by atoms with Crippen LogP contribution in [0, 0.1) is 0 Å². The van der Waals surface area contributed by atoms with Crippen LogP contribution in [0.15, 0.2) is 84.0 Å². The second kappa shape index (κ2) is 8.20. The Morgan fingerprint density at radius 2 is 1.55 bits per heavy atom. The van der Waals surface area contributed by atoms with Crippen molar-refractivity contribution in [2.75, 3.05) is 5.75 Å². The van der Waals surface area contributed by atoms with Gasteiger partial charge in [0.2, 0.25) is 0 Å². The second-order valence-electron chi connectivity index (χ2n) is 6.26. The molecule has 0 radical (unpaired) electrons. The zero-order valence-corrected chi connectivity index (χ0v) is 16.1. The third-order valence-corrected chi connectivity index (χ3v) is 5.24. The highest BCUT2D eigenvalue weighted by Gasteiger charge is 2.18. The first-order valence-electron chi connectivity index (χ1n) is 8.88. The summed E-state index contributed by atoms with van der Waals surface area (Å²) in [6.07, 6.45) is 0. The van der Waals surface area contributed by atoms with Crippen molar-refractivity contribution in [3.63, 3.8) is 0 Å². The third-order valence-electron chi connectivity index (χ3n) is 4.31. The van der Waals surface area contributed by atoms with Gasteiger partial charge in [-0.2, -0.15) is 0 Å². The first kappa shape index (κ1) is 18.8. The van der Waals surface area contributed by atoms with Gasteiger partial charge in [-0.3, -0.25) is 9.36 Å². The molecule has 0 fully saturated rings. The fourth-order valence-corrected chi connectivity index (χ4v) is 3.70. The van der Waals surface area contributed by atoms with Gasteiger partial charge < -0.3 is 10.2 Å². The summed E-state index contributed by atoms with van der Waals surface area (Å²) in [6.45, 7) is 0. The number of hydrogen-bond donors (Lipinski definition) is 2. The predicted octanol–water partition coefficient (Wildman–Crippen LogP) is 4.32. The Kier molecular flexibility index (Phi) is 5.31. The van der Waals surface area contributed by atoms with E-state index in [-0.39, 0.29) is 23.0 Å².